The van der Waals surface area contributed by atoms with Crippen molar-refractivity contribution in [2.45, 2.75) is 52.1 Å². The van der Waals surface area contributed by atoms with Crippen LogP contribution in [0.1, 0.15) is 40.5 Å². The van der Waals surface area contributed by atoms with Gasteiger partial charge in [0.25, 0.3) is 0 Å². The fraction of sp³-hybridized carbons (Fsp3) is 0.786. The van der Waals surface area contributed by atoms with Crippen LogP contribution in [0, 0.1) is 5.92 Å². The Morgan fingerprint density at radius 1 is 1.53 bits per heavy atom. The van der Waals surface area contributed by atoms with Crippen LogP contribution in [0.2, 0.25) is 0 Å². The van der Waals surface area contributed by atoms with E-state index in [4.69, 9.17) is 0 Å². The zero-order chi connectivity index (χ0) is 13.1. The highest BCUT2D eigenvalue weighted by Crippen LogP contribution is 2.20. The van der Waals surface area contributed by atoms with Crippen LogP contribution in [-0.2, 0) is 4.79 Å². The standard InChI is InChI=1S/C14H26N2O/c1-6-9-16(14(3,4)5)13(17)12-10-11(2)7-8-15-12/h6,11-12,15H,1,7-10H2,2-5H3. The minimum absolute atomic E-state index is 0.0158. The average molecular weight is 238 g/mol. The fourth-order valence-corrected chi connectivity index (χ4v) is 2.31. The number of rotatable bonds is 3. The Morgan fingerprint density at radius 2 is 2.18 bits per heavy atom. The van der Waals surface area contributed by atoms with Crippen molar-refractivity contribution in [1.82, 2.24) is 10.2 Å². The maximum atomic E-state index is 12.5. The molecule has 2 atom stereocenters. The van der Waals surface area contributed by atoms with Crippen molar-refractivity contribution >= 4 is 5.91 Å². The minimum atomic E-state index is -0.145. The second-order valence-corrected chi connectivity index (χ2v) is 6.04. The molecule has 1 rings (SSSR count). The van der Waals surface area contributed by atoms with Crippen molar-refractivity contribution in [3.8, 4) is 0 Å². The molecule has 17 heavy (non-hydrogen) atoms. The maximum Gasteiger partial charge on any atom is 0.240 e. The summed E-state index contributed by atoms with van der Waals surface area (Å²) in [5.74, 6) is 0.847. The number of hydrogen-bond donors (Lipinski definition) is 1. The molecule has 1 aliphatic heterocycles. The SMILES string of the molecule is C=CCN(C(=O)C1CC(C)CCN1)C(C)(C)C. The van der Waals surface area contributed by atoms with Gasteiger partial charge in [-0.25, -0.2) is 0 Å². The highest BCUT2D eigenvalue weighted by Gasteiger charge is 2.32. The monoisotopic (exact) mass is 238 g/mol. The van der Waals surface area contributed by atoms with E-state index < -0.39 is 0 Å². The highest BCUT2D eigenvalue weighted by atomic mass is 16.2. The van der Waals surface area contributed by atoms with Gasteiger partial charge in [0.1, 0.15) is 0 Å². The van der Waals surface area contributed by atoms with Gasteiger partial charge >= 0.3 is 0 Å². The molecule has 1 amide bonds. The smallest absolute Gasteiger partial charge is 0.240 e. The van der Waals surface area contributed by atoms with E-state index in [1.165, 1.54) is 6.42 Å². The van der Waals surface area contributed by atoms with E-state index in [9.17, 15) is 4.79 Å². The molecule has 2 unspecified atom stereocenters. The Hall–Kier alpha value is -0.830. The zero-order valence-corrected chi connectivity index (χ0v) is 11.6. The summed E-state index contributed by atoms with van der Waals surface area (Å²) in [6, 6.07) is -0.0158. The minimum Gasteiger partial charge on any atom is -0.333 e. The average Bonchev–Trinajstić information content (AvgIpc) is 2.23. The Bertz CT molecular complexity index is 280. The second kappa shape index (κ2) is 5.67. The molecule has 1 N–H and O–H groups in total. The lowest BCUT2D eigenvalue weighted by Crippen LogP contribution is -2.55. The number of amides is 1. The molecule has 1 fully saturated rings. The molecule has 1 aliphatic rings. The first-order valence-corrected chi connectivity index (χ1v) is 6.52. The lowest BCUT2D eigenvalue weighted by molar-refractivity contribution is -0.138. The molecular formula is C14H26N2O. The molecule has 0 aromatic rings. The molecule has 0 spiro atoms. The molecule has 0 bridgehead atoms. The van der Waals surface area contributed by atoms with E-state index in [1.807, 2.05) is 4.90 Å². The van der Waals surface area contributed by atoms with Crippen LogP contribution in [0.25, 0.3) is 0 Å². The lowest BCUT2D eigenvalue weighted by Gasteiger charge is -2.39. The van der Waals surface area contributed by atoms with Gasteiger partial charge in [-0.2, -0.15) is 0 Å². The van der Waals surface area contributed by atoms with E-state index in [0.717, 1.165) is 13.0 Å². The van der Waals surface area contributed by atoms with Crippen molar-refractivity contribution in [2.75, 3.05) is 13.1 Å². The van der Waals surface area contributed by atoms with Crippen molar-refractivity contribution in [3.63, 3.8) is 0 Å². The summed E-state index contributed by atoms with van der Waals surface area (Å²) in [6.45, 7) is 13.7. The molecule has 0 aromatic heterocycles. The Morgan fingerprint density at radius 3 is 2.65 bits per heavy atom. The topological polar surface area (TPSA) is 32.3 Å². The van der Waals surface area contributed by atoms with Crippen LogP contribution in [0.3, 0.4) is 0 Å². The Kier molecular flexibility index (Phi) is 4.75. The van der Waals surface area contributed by atoms with Crippen molar-refractivity contribution in [3.05, 3.63) is 12.7 Å². The molecule has 0 saturated carbocycles. The first-order valence-electron chi connectivity index (χ1n) is 6.52. The van der Waals surface area contributed by atoms with Crippen LogP contribution in [0.5, 0.6) is 0 Å². The van der Waals surface area contributed by atoms with Crippen LogP contribution in [0.15, 0.2) is 12.7 Å². The number of piperidine rings is 1. The normalized spacial score (nSPS) is 25.4. The first-order chi connectivity index (χ1) is 7.86. The second-order valence-electron chi connectivity index (χ2n) is 6.04. The Labute approximate surface area is 105 Å². The van der Waals surface area contributed by atoms with Gasteiger partial charge in [-0.05, 0) is 46.1 Å². The summed E-state index contributed by atoms with van der Waals surface area (Å²) < 4.78 is 0. The fourth-order valence-electron chi connectivity index (χ4n) is 2.31. The van der Waals surface area contributed by atoms with E-state index >= 15 is 0 Å². The van der Waals surface area contributed by atoms with Gasteiger partial charge in [0, 0.05) is 12.1 Å². The summed E-state index contributed by atoms with van der Waals surface area (Å²) >= 11 is 0. The number of carbonyl (C=O) groups is 1. The Balaban J connectivity index is 2.73. The zero-order valence-electron chi connectivity index (χ0n) is 11.6. The number of nitrogens with one attached hydrogen (secondary N) is 1. The summed E-state index contributed by atoms with van der Waals surface area (Å²) in [6.07, 6.45) is 3.92. The lowest BCUT2D eigenvalue weighted by atomic mass is 9.92. The van der Waals surface area contributed by atoms with E-state index in [1.54, 1.807) is 6.08 Å². The first kappa shape index (κ1) is 14.2. The quantitative estimate of drug-likeness (QED) is 0.764. The van der Waals surface area contributed by atoms with E-state index in [0.29, 0.717) is 12.5 Å². The van der Waals surface area contributed by atoms with Crippen LogP contribution in [0.4, 0.5) is 0 Å². The van der Waals surface area contributed by atoms with Crippen molar-refractivity contribution < 1.29 is 4.79 Å². The third-order valence-electron chi connectivity index (χ3n) is 3.35. The van der Waals surface area contributed by atoms with Crippen LogP contribution >= 0.6 is 0 Å². The third-order valence-corrected chi connectivity index (χ3v) is 3.35. The molecule has 0 aliphatic carbocycles. The number of hydrogen-bond acceptors (Lipinski definition) is 2. The molecule has 1 heterocycles. The molecule has 0 radical (unpaired) electrons. The van der Waals surface area contributed by atoms with Crippen molar-refractivity contribution in [1.29, 1.82) is 0 Å². The van der Waals surface area contributed by atoms with Gasteiger partial charge in [0.15, 0.2) is 0 Å². The molecule has 0 aromatic carbocycles. The maximum absolute atomic E-state index is 12.5. The number of carbonyl (C=O) groups excluding carboxylic acids is 1. The molecule has 98 valence electrons. The summed E-state index contributed by atoms with van der Waals surface area (Å²) in [5.41, 5.74) is -0.145. The van der Waals surface area contributed by atoms with Gasteiger partial charge in [-0.15, -0.1) is 6.58 Å². The summed E-state index contributed by atoms with van der Waals surface area (Å²) in [4.78, 5) is 14.4. The van der Waals surface area contributed by atoms with E-state index in [2.05, 4.69) is 39.6 Å². The summed E-state index contributed by atoms with van der Waals surface area (Å²) in [5, 5.41) is 3.33. The number of nitrogens with zero attached hydrogens (tertiary/aromatic N) is 1. The van der Waals surface area contributed by atoms with Gasteiger partial charge in [0.05, 0.1) is 6.04 Å². The van der Waals surface area contributed by atoms with Gasteiger partial charge in [-0.3, -0.25) is 4.79 Å². The molecule has 1 saturated heterocycles. The van der Waals surface area contributed by atoms with Gasteiger partial charge in [-0.1, -0.05) is 13.0 Å². The largest absolute Gasteiger partial charge is 0.333 e. The third kappa shape index (κ3) is 3.84. The van der Waals surface area contributed by atoms with Gasteiger partial charge in [0.2, 0.25) is 5.91 Å². The van der Waals surface area contributed by atoms with Crippen LogP contribution < -0.4 is 5.32 Å². The molecular weight excluding hydrogens is 212 g/mol. The van der Waals surface area contributed by atoms with Crippen LogP contribution in [-0.4, -0.2) is 35.5 Å². The predicted octanol–water partition coefficient (Wildman–Crippen LogP) is 2.19. The molecule has 3 heteroatoms. The molecule has 3 nitrogen and oxygen atoms in total. The van der Waals surface area contributed by atoms with E-state index in [-0.39, 0.29) is 17.5 Å². The van der Waals surface area contributed by atoms with Crippen molar-refractivity contribution in [2.24, 2.45) is 5.92 Å². The highest BCUT2D eigenvalue weighted by molar-refractivity contribution is 5.82. The van der Waals surface area contributed by atoms with Gasteiger partial charge < -0.3 is 10.2 Å². The predicted molar refractivity (Wildman–Crippen MR) is 71.9 cm³/mol. The summed E-state index contributed by atoms with van der Waals surface area (Å²) in [7, 11) is 0.